The average Bonchev–Trinajstić information content (AvgIpc) is 2.80. The fraction of sp³-hybridized carbons (Fsp3) is 0.240. The molecule has 2 N–H and O–H groups in total. The molecule has 0 bridgehead atoms. The van der Waals surface area contributed by atoms with Crippen LogP contribution in [-0.2, 0) is 16.4 Å². The van der Waals surface area contributed by atoms with E-state index in [1.165, 1.54) is 0 Å². The molecular formula is C25H28N2O5S. The second-order valence-electron chi connectivity index (χ2n) is 7.61. The van der Waals surface area contributed by atoms with Crippen LogP contribution in [0.1, 0.15) is 27.0 Å². The first-order valence-electron chi connectivity index (χ1n) is 10.4. The minimum Gasteiger partial charge on any atom is -0.497 e. The lowest BCUT2D eigenvalue weighted by Crippen LogP contribution is -2.25. The molecular weight excluding hydrogens is 440 g/mol. The molecule has 0 atom stereocenters. The Morgan fingerprint density at radius 3 is 2.24 bits per heavy atom. The summed E-state index contributed by atoms with van der Waals surface area (Å²) in [6.07, 6.45) is 0.569. The Hall–Kier alpha value is -3.52. The Bertz CT molecular complexity index is 1240. The van der Waals surface area contributed by atoms with Crippen molar-refractivity contribution in [3.63, 3.8) is 0 Å². The third kappa shape index (κ3) is 6.04. The maximum Gasteiger partial charge on any atom is 0.261 e. The second-order valence-corrected chi connectivity index (χ2v) is 9.29. The number of benzene rings is 3. The van der Waals surface area contributed by atoms with Crippen LogP contribution in [0.25, 0.3) is 0 Å². The number of anilines is 1. The monoisotopic (exact) mass is 468 g/mol. The van der Waals surface area contributed by atoms with Crippen LogP contribution in [0.5, 0.6) is 11.5 Å². The summed E-state index contributed by atoms with van der Waals surface area (Å²) < 4.78 is 38.5. The van der Waals surface area contributed by atoms with Gasteiger partial charge in [-0.05, 0) is 91.6 Å². The van der Waals surface area contributed by atoms with Gasteiger partial charge in [-0.25, -0.2) is 8.42 Å². The van der Waals surface area contributed by atoms with Crippen molar-refractivity contribution in [2.24, 2.45) is 0 Å². The Balaban J connectivity index is 1.60. The van der Waals surface area contributed by atoms with Crippen molar-refractivity contribution in [2.45, 2.75) is 25.2 Å². The smallest absolute Gasteiger partial charge is 0.261 e. The van der Waals surface area contributed by atoms with Gasteiger partial charge >= 0.3 is 0 Å². The lowest BCUT2D eigenvalue weighted by Gasteiger charge is -2.12. The quantitative estimate of drug-likeness (QED) is 0.493. The zero-order valence-corrected chi connectivity index (χ0v) is 20.0. The van der Waals surface area contributed by atoms with Crippen molar-refractivity contribution in [2.75, 3.05) is 25.5 Å². The molecule has 0 aromatic heterocycles. The fourth-order valence-electron chi connectivity index (χ4n) is 3.27. The highest BCUT2D eigenvalue weighted by atomic mass is 32.2. The van der Waals surface area contributed by atoms with E-state index in [0.29, 0.717) is 24.2 Å². The predicted molar refractivity (Wildman–Crippen MR) is 129 cm³/mol. The van der Waals surface area contributed by atoms with Crippen LogP contribution in [0.2, 0.25) is 0 Å². The molecule has 1 amide bonds. The second kappa shape index (κ2) is 10.4. The lowest BCUT2D eigenvalue weighted by atomic mass is 10.1. The minimum absolute atomic E-state index is 0.195. The van der Waals surface area contributed by atoms with Gasteiger partial charge in [-0.15, -0.1) is 0 Å². The van der Waals surface area contributed by atoms with E-state index < -0.39 is 10.0 Å². The van der Waals surface area contributed by atoms with Crippen LogP contribution in [0.15, 0.2) is 65.6 Å². The van der Waals surface area contributed by atoms with Gasteiger partial charge < -0.3 is 14.8 Å². The fourth-order valence-corrected chi connectivity index (χ4v) is 4.42. The predicted octanol–water partition coefficient (Wildman–Crippen LogP) is 4.09. The standard InChI is InChI=1S/C25H28N2O5S/c1-17-5-11-23(15-18(17)2)33(29,30)27-21-8-6-19(7-9-21)25(28)26-14-13-20-16-22(31-3)10-12-24(20)32-4/h5-12,15-16,27H,13-14H2,1-4H3,(H,26,28). The molecule has 33 heavy (non-hydrogen) atoms. The first-order valence-corrected chi connectivity index (χ1v) is 11.9. The van der Waals surface area contributed by atoms with Crippen molar-refractivity contribution in [1.82, 2.24) is 5.32 Å². The van der Waals surface area contributed by atoms with E-state index >= 15 is 0 Å². The molecule has 0 aliphatic heterocycles. The lowest BCUT2D eigenvalue weighted by molar-refractivity contribution is 0.0954. The number of hydrogen-bond acceptors (Lipinski definition) is 5. The highest BCUT2D eigenvalue weighted by Crippen LogP contribution is 2.24. The molecule has 0 saturated heterocycles. The Kier molecular flexibility index (Phi) is 7.60. The number of carbonyl (C=O) groups is 1. The first-order chi connectivity index (χ1) is 15.7. The summed E-state index contributed by atoms with van der Waals surface area (Å²) in [6, 6.07) is 16.8. The molecule has 8 heteroatoms. The van der Waals surface area contributed by atoms with Crippen molar-refractivity contribution in [1.29, 1.82) is 0 Å². The Morgan fingerprint density at radius 1 is 0.879 bits per heavy atom. The average molecular weight is 469 g/mol. The van der Waals surface area contributed by atoms with Crippen LogP contribution in [0.4, 0.5) is 5.69 Å². The van der Waals surface area contributed by atoms with E-state index in [1.54, 1.807) is 56.7 Å². The number of amides is 1. The molecule has 7 nitrogen and oxygen atoms in total. The summed E-state index contributed by atoms with van der Waals surface area (Å²) in [5.41, 5.74) is 3.66. The zero-order valence-electron chi connectivity index (χ0n) is 19.1. The number of hydrogen-bond donors (Lipinski definition) is 2. The molecule has 0 aliphatic rings. The van der Waals surface area contributed by atoms with Gasteiger partial charge in [0.15, 0.2) is 0 Å². The molecule has 3 rings (SSSR count). The summed E-state index contributed by atoms with van der Waals surface area (Å²) >= 11 is 0. The van der Waals surface area contributed by atoms with Gasteiger partial charge in [-0.1, -0.05) is 6.07 Å². The molecule has 3 aromatic rings. The van der Waals surface area contributed by atoms with Gasteiger partial charge in [0.25, 0.3) is 15.9 Å². The van der Waals surface area contributed by atoms with Crippen LogP contribution in [-0.4, -0.2) is 35.1 Å². The summed E-state index contributed by atoms with van der Waals surface area (Å²) in [5.74, 6) is 1.20. The van der Waals surface area contributed by atoms with Crippen LogP contribution >= 0.6 is 0 Å². The summed E-state index contributed by atoms with van der Waals surface area (Å²) in [6.45, 7) is 4.20. The minimum atomic E-state index is -3.72. The number of methoxy groups -OCH3 is 2. The molecule has 0 heterocycles. The molecule has 0 aliphatic carbocycles. The Labute approximate surface area is 194 Å². The van der Waals surface area contributed by atoms with E-state index in [0.717, 1.165) is 28.2 Å². The highest BCUT2D eigenvalue weighted by Gasteiger charge is 2.15. The van der Waals surface area contributed by atoms with Crippen molar-refractivity contribution >= 4 is 21.6 Å². The van der Waals surface area contributed by atoms with Crippen molar-refractivity contribution < 1.29 is 22.7 Å². The molecule has 0 unspecified atom stereocenters. The summed E-state index contributed by atoms with van der Waals surface area (Å²) in [4.78, 5) is 12.7. The summed E-state index contributed by atoms with van der Waals surface area (Å²) in [7, 11) is -0.523. The van der Waals surface area contributed by atoms with Crippen molar-refractivity contribution in [3.8, 4) is 11.5 Å². The van der Waals surface area contributed by atoms with Gasteiger partial charge in [-0.3, -0.25) is 9.52 Å². The maximum absolute atomic E-state index is 12.6. The maximum atomic E-state index is 12.6. The van der Waals surface area contributed by atoms with E-state index in [9.17, 15) is 13.2 Å². The number of sulfonamides is 1. The highest BCUT2D eigenvalue weighted by molar-refractivity contribution is 7.92. The first kappa shape index (κ1) is 24.1. The molecule has 0 spiro atoms. The molecule has 0 radical (unpaired) electrons. The van der Waals surface area contributed by atoms with Gasteiger partial charge in [0.2, 0.25) is 0 Å². The SMILES string of the molecule is COc1ccc(OC)c(CCNC(=O)c2ccc(NS(=O)(=O)c3ccc(C)c(C)c3)cc2)c1. The zero-order chi connectivity index (χ0) is 24.0. The molecule has 174 valence electrons. The van der Waals surface area contributed by atoms with E-state index in [2.05, 4.69) is 10.0 Å². The van der Waals surface area contributed by atoms with Crippen LogP contribution in [0.3, 0.4) is 0 Å². The van der Waals surface area contributed by atoms with Gasteiger partial charge in [0.1, 0.15) is 11.5 Å². The van der Waals surface area contributed by atoms with Gasteiger partial charge in [-0.2, -0.15) is 0 Å². The van der Waals surface area contributed by atoms with Gasteiger partial charge in [0.05, 0.1) is 19.1 Å². The van der Waals surface area contributed by atoms with E-state index in [1.807, 2.05) is 32.0 Å². The van der Waals surface area contributed by atoms with Crippen LogP contribution < -0.4 is 19.5 Å². The van der Waals surface area contributed by atoms with Gasteiger partial charge in [0, 0.05) is 17.8 Å². The number of aryl methyl sites for hydroxylation is 2. The number of carbonyl (C=O) groups excluding carboxylic acids is 1. The third-order valence-electron chi connectivity index (χ3n) is 5.36. The third-order valence-corrected chi connectivity index (χ3v) is 6.73. The molecule has 0 saturated carbocycles. The molecule has 3 aromatic carbocycles. The largest absolute Gasteiger partial charge is 0.497 e. The topological polar surface area (TPSA) is 93.7 Å². The van der Waals surface area contributed by atoms with Crippen LogP contribution in [0, 0.1) is 13.8 Å². The Morgan fingerprint density at radius 2 is 1.61 bits per heavy atom. The normalized spacial score (nSPS) is 11.0. The van der Waals surface area contributed by atoms with Crippen molar-refractivity contribution in [3.05, 3.63) is 82.9 Å². The van der Waals surface area contributed by atoms with E-state index in [4.69, 9.17) is 9.47 Å². The van der Waals surface area contributed by atoms with E-state index in [-0.39, 0.29) is 10.8 Å². The molecule has 0 fully saturated rings. The summed E-state index contributed by atoms with van der Waals surface area (Å²) in [5, 5.41) is 2.87. The number of rotatable bonds is 9. The number of nitrogens with one attached hydrogen (secondary N) is 2. The number of ether oxygens (including phenoxy) is 2.